The van der Waals surface area contributed by atoms with E-state index in [-0.39, 0.29) is 5.91 Å². The Bertz CT molecular complexity index is 884. The molecular weight excluding hydrogens is 316 g/mol. The van der Waals surface area contributed by atoms with E-state index in [0.29, 0.717) is 17.6 Å². The lowest BCUT2D eigenvalue weighted by atomic mass is 10.2. The van der Waals surface area contributed by atoms with Crippen LogP contribution in [0.4, 0.5) is 5.82 Å². The normalized spacial score (nSPS) is 10.8. The highest BCUT2D eigenvalue weighted by molar-refractivity contribution is 5.96. The number of fused-ring (bicyclic) bond motifs is 1. The largest absolute Gasteiger partial charge is 0.357 e. The lowest BCUT2D eigenvalue weighted by Crippen LogP contribution is -2.27. The van der Waals surface area contributed by atoms with Crippen molar-refractivity contribution in [2.45, 2.75) is 20.4 Å². The first-order valence-corrected chi connectivity index (χ1v) is 8.38. The third-order valence-corrected chi connectivity index (χ3v) is 4.18. The highest BCUT2D eigenvalue weighted by atomic mass is 16.1. The molecule has 0 spiro atoms. The molecule has 0 aliphatic carbocycles. The number of carbonyl (C=O) groups excluding carboxylic acids is 1. The van der Waals surface area contributed by atoms with E-state index in [2.05, 4.69) is 39.0 Å². The molecule has 0 saturated carbocycles. The van der Waals surface area contributed by atoms with Crippen LogP contribution < -0.4 is 10.2 Å². The van der Waals surface area contributed by atoms with Crippen molar-refractivity contribution in [2.75, 3.05) is 18.0 Å². The number of imidazole rings is 1. The molecule has 0 aliphatic rings. The number of hydrogen-bond acceptors (Lipinski definition) is 5. The summed E-state index contributed by atoms with van der Waals surface area (Å²) in [6.07, 6.45) is 5.04. The van der Waals surface area contributed by atoms with E-state index in [4.69, 9.17) is 0 Å². The zero-order chi connectivity index (χ0) is 17.8. The molecule has 0 fully saturated rings. The van der Waals surface area contributed by atoms with E-state index >= 15 is 0 Å². The molecule has 7 heteroatoms. The van der Waals surface area contributed by atoms with E-state index in [1.165, 1.54) is 0 Å². The highest BCUT2D eigenvalue weighted by Crippen LogP contribution is 2.17. The van der Waals surface area contributed by atoms with Crippen LogP contribution in [0, 0.1) is 0 Å². The predicted octanol–water partition coefficient (Wildman–Crippen LogP) is 2.14. The molecule has 0 aromatic carbocycles. The minimum absolute atomic E-state index is 0.172. The minimum Gasteiger partial charge on any atom is -0.357 e. The highest BCUT2D eigenvalue weighted by Gasteiger charge is 2.13. The number of hydrogen-bond donors (Lipinski definition) is 1. The Morgan fingerprint density at radius 2 is 2.04 bits per heavy atom. The van der Waals surface area contributed by atoms with Crippen molar-refractivity contribution in [3.05, 3.63) is 48.0 Å². The van der Waals surface area contributed by atoms with Gasteiger partial charge in [-0.25, -0.2) is 15.0 Å². The second-order valence-corrected chi connectivity index (χ2v) is 5.76. The lowest BCUT2D eigenvalue weighted by Gasteiger charge is -2.22. The van der Waals surface area contributed by atoms with Crippen LogP contribution in [0.5, 0.6) is 0 Å². The molecular formula is C18H22N6O. The van der Waals surface area contributed by atoms with Crippen LogP contribution in [0.3, 0.4) is 0 Å². The number of nitrogens with one attached hydrogen (secondary N) is 1. The van der Waals surface area contributed by atoms with E-state index < -0.39 is 0 Å². The van der Waals surface area contributed by atoms with Gasteiger partial charge in [0.05, 0.1) is 11.9 Å². The quantitative estimate of drug-likeness (QED) is 0.745. The fraction of sp³-hybridized carbons (Fsp3) is 0.333. The lowest BCUT2D eigenvalue weighted by molar-refractivity contribution is 0.0950. The SMILES string of the molecule is CCN(CC)c1ncccc1CNC(=O)c1cnc2c(c1)ncn2C. The van der Waals surface area contributed by atoms with Gasteiger partial charge < -0.3 is 14.8 Å². The first kappa shape index (κ1) is 16.9. The van der Waals surface area contributed by atoms with Gasteiger partial charge in [0, 0.05) is 44.6 Å². The van der Waals surface area contributed by atoms with Crippen LogP contribution in [0.15, 0.2) is 36.9 Å². The van der Waals surface area contributed by atoms with Gasteiger partial charge in [0.2, 0.25) is 0 Å². The van der Waals surface area contributed by atoms with E-state index in [1.54, 1.807) is 24.8 Å². The molecule has 3 heterocycles. The summed E-state index contributed by atoms with van der Waals surface area (Å²) in [5, 5.41) is 2.95. The van der Waals surface area contributed by atoms with Crippen LogP contribution in [0.1, 0.15) is 29.8 Å². The van der Waals surface area contributed by atoms with Gasteiger partial charge in [-0.2, -0.15) is 0 Å². The van der Waals surface area contributed by atoms with Gasteiger partial charge in [-0.1, -0.05) is 6.07 Å². The zero-order valence-electron chi connectivity index (χ0n) is 14.7. The summed E-state index contributed by atoms with van der Waals surface area (Å²) in [4.78, 5) is 27.7. The van der Waals surface area contributed by atoms with Crippen molar-refractivity contribution in [1.82, 2.24) is 24.8 Å². The molecule has 3 rings (SSSR count). The van der Waals surface area contributed by atoms with Crippen molar-refractivity contribution in [2.24, 2.45) is 7.05 Å². The van der Waals surface area contributed by atoms with Gasteiger partial charge in [0.1, 0.15) is 11.3 Å². The second-order valence-electron chi connectivity index (χ2n) is 5.76. The Balaban J connectivity index is 1.75. The van der Waals surface area contributed by atoms with Crippen molar-refractivity contribution >= 4 is 22.9 Å². The van der Waals surface area contributed by atoms with Crippen molar-refractivity contribution in [3.63, 3.8) is 0 Å². The Labute approximate surface area is 146 Å². The minimum atomic E-state index is -0.172. The first-order chi connectivity index (χ1) is 12.1. The van der Waals surface area contributed by atoms with Gasteiger partial charge >= 0.3 is 0 Å². The smallest absolute Gasteiger partial charge is 0.253 e. The summed E-state index contributed by atoms with van der Waals surface area (Å²) < 4.78 is 1.82. The van der Waals surface area contributed by atoms with Gasteiger partial charge in [-0.05, 0) is 26.0 Å². The summed E-state index contributed by atoms with van der Waals surface area (Å²) in [6, 6.07) is 5.63. The summed E-state index contributed by atoms with van der Waals surface area (Å²) >= 11 is 0. The van der Waals surface area contributed by atoms with Crippen molar-refractivity contribution in [3.8, 4) is 0 Å². The fourth-order valence-corrected chi connectivity index (χ4v) is 2.79. The number of anilines is 1. The van der Waals surface area contributed by atoms with Crippen LogP contribution in [0.2, 0.25) is 0 Å². The fourth-order valence-electron chi connectivity index (χ4n) is 2.79. The molecule has 1 N–H and O–H groups in total. The Hall–Kier alpha value is -2.96. The molecule has 3 aromatic rings. The maximum Gasteiger partial charge on any atom is 0.253 e. The van der Waals surface area contributed by atoms with Crippen molar-refractivity contribution < 1.29 is 4.79 Å². The van der Waals surface area contributed by atoms with E-state index in [1.807, 2.05) is 23.7 Å². The monoisotopic (exact) mass is 338 g/mol. The molecule has 0 radical (unpaired) electrons. The average Bonchev–Trinajstić information content (AvgIpc) is 3.02. The maximum absolute atomic E-state index is 12.5. The van der Waals surface area contributed by atoms with Crippen LogP contribution in [-0.4, -0.2) is 38.5 Å². The molecule has 1 amide bonds. The first-order valence-electron chi connectivity index (χ1n) is 8.38. The topological polar surface area (TPSA) is 75.9 Å². The molecule has 0 aliphatic heterocycles. The predicted molar refractivity (Wildman–Crippen MR) is 97.5 cm³/mol. The Kier molecular flexibility index (Phi) is 4.92. The molecule has 0 bridgehead atoms. The van der Waals surface area contributed by atoms with Crippen LogP contribution in [-0.2, 0) is 13.6 Å². The number of carbonyl (C=O) groups is 1. The second kappa shape index (κ2) is 7.29. The molecule has 25 heavy (non-hydrogen) atoms. The molecule has 130 valence electrons. The number of aromatic nitrogens is 4. The van der Waals surface area contributed by atoms with Crippen LogP contribution in [0.25, 0.3) is 11.2 Å². The number of aryl methyl sites for hydroxylation is 1. The maximum atomic E-state index is 12.5. The summed E-state index contributed by atoms with van der Waals surface area (Å²) in [5.74, 6) is 0.737. The number of amides is 1. The standard InChI is InChI=1S/C18H22N6O/c1-4-24(5-2)16-13(7-6-8-19-16)10-21-18(25)14-9-15-17(20-11-14)23(3)12-22-15/h6-9,11-12H,4-5,10H2,1-3H3,(H,21,25). The van der Waals surface area contributed by atoms with E-state index in [0.717, 1.165) is 30.1 Å². The molecule has 7 nitrogen and oxygen atoms in total. The number of nitrogens with zero attached hydrogens (tertiary/aromatic N) is 5. The Morgan fingerprint density at radius 3 is 2.80 bits per heavy atom. The average molecular weight is 338 g/mol. The number of rotatable bonds is 6. The van der Waals surface area contributed by atoms with E-state index in [9.17, 15) is 4.79 Å². The van der Waals surface area contributed by atoms with Gasteiger partial charge in [-0.3, -0.25) is 4.79 Å². The van der Waals surface area contributed by atoms with Gasteiger partial charge in [0.15, 0.2) is 5.65 Å². The summed E-state index contributed by atoms with van der Waals surface area (Å²) in [5.41, 5.74) is 2.96. The third-order valence-electron chi connectivity index (χ3n) is 4.18. The molecule has 0 saturated heterocycles. The van der Waals surface area contributed by atoms with Crippen LogP contribution >= 0.6 is 0 Å². The summed E-state index contributed by atoms with van der Waals surface area (Å²) in [7, 11) is 1.87. The van der Waals surface area contributed by atoms with Gasteiger partial charge in [-0.15, -0.1) is 0 Å². The molecule has 3 aromatic heterocycles. The Morgan fingerprint density at radius 1 is 1.24 bits per heavy atom. The molecule has 0 unspecified atom stereocenters. The zero-order valence-corrected chi connectivity index (χ0v) is 14.7. The van der Waals surface area contributed by atoms with Gasteiger partial charge in [0.25, 0.3) is 5.91 Å². The third kappa shape index (κ3) is 3.45. The number of pyridine rings is 2. The molecule has 0 atom stereocenters. The summed E-state index contributed by atoms with van der Waals surface area (Å²) in [6.45, 7) is 6.34. The van der Waals surface area contributed by atoms with Crippen molar-refractivity contribution in [1.29, 1.82) is 0 Å².